The number of aliphatic hydroxyl groups is 2. The number of allylic oxidation sites excluding steroid dienone is 4. The van der Waals surface area contributed by atoms with Gasteiger partial charge in [0.15, 0.2) is 5.78 Å². The average molecular weight is 260 g/mol. The van der Waals surface area contributed by atoms with E-state index in [4.69, 9.17) is 0 Å². The second kappa shape index (κ2) is 3.40. The zero-order valence-corrected chi connectivity index (χ0v) is 11.8. The normalized spacial score (nSPS) is 48.4. The molecule has 4 rings (SSSR count). The molecule has 4 aliphatic rings. The molecular weight excluding hydrogens is 240 g/mol. The Morgan fingerprint density at radius 1 is 1.21 bits per heavy atom. The van der Waals surface area contributed by atoms with Crippen molar-refractivity contribution in [1.82, 2.24) is 0 Å². The maximum absolute atomic E-state index is 12.6. The summed E-state index contributed by atoms with van der Waals surface area (Å²) in [5.74, 6) is -0.00288. The lowest BCUT2D eigenvalue weighted by Crippen LogP contribution is -2.64. The van der Waals surface area contributed by atoms with E-state index in [9.17, 15) is 15.0 Å². The van der Waals surface area contributed by atoms with Crippen molar-refractivity contribution >= 4 is 5.78 Å². The van der Waals surface area contributed by atoms with Gasteiger partial charge in [-0.3, -0.25) is 4.79 Å². The molecule has 0 radical (unpaired) electrons. The largest absolute Gasteiger partial charge is 0.508 e. The van der Waals surface area contributed by atoms with Crippen LogP contribution >= 0.6 is 0 Å². The first-order valence-corrected chi connectivity index (χ1v) is 6.76. The highest BCUT2D eigenvalue weighted by Gasteiger charge is 2.63. The Hall–Kier alpha value is -1.35. The van der Waals surface area contributed by atoms with E-state index in [0.29, 0.717) is 5.76 Å². The number of aliphatic hydroxyl groups excluding tert-OH is 1. The molecule has 0 heterocycles. The number of hydrogen-bond acceptors (Lipinski definition) is 3. The quantitative estimate of drug-likeness (QED) is 0.658. The number of fused-ring (bicyclic) bond motifs is 1. The number of carbonyl (C=O) groups is 1. The maximum Gasteiger partial charge on any atom is 0.174 e. The fourth-order valence-corrected chi connectivity index (χ4v) is 4.22. The topological polar surface area (TPSA) is 57.5 Å². The number of Topliss-reactive ketones (excluding diaryl/α,β-unsaturated/α-hetero) is 1. The van der Waals surface area contributed by atoms with Crippen LogP contribution in [0.5, 0.6) is 0 Å². The summed E-state index contributed by atoms with van der Waals surface area (Å²) in [4.78, 5) is 12.6. The van der Waals surface area contributed by atoms with Crippen molar-refractivity contribution in [2.24, 2.45) is 23.2 Å². The Morgan fingerprint density at radius 3 is 2.47 bits per heavy atom. The van der Waals surface area contributed by atoms with Gasteiger partial charge in [0.2, 0.25) is 0 Å². The first-order valence-electron chi connectivity index (χ1n) is 6.76. The third-order valence-electron chi connectivity index (χ3n) is 5.39. The van der Waals surface area contributed by atoms with Gasteiger partial charge in [0.05, 0.1) is 5.41 Å². The lowest BCUT2D eigenvalue weighted by molar-refractivity contribution is -0.163. The molecule has 0 spiro atoms. The predicted molar refractivity (Wildman–Crippen MR) is 72.4 cm³/mol. The van der Waals surface area contributed by atoms with Gasteiger partial charge in [-0.2, -0.15) is 0 Å². The first-order chi connectivity index (χ1) is 8.71. The highest BCUT2D eigenvalue weighted by Crippen LogP contribution is 2.58. The second-order valence-corrected chi connectivity index (χ2v) is 6.58. The molecule has 0 unspecified atom stereocenters. The van der Waals surface area contributed by atoms with E-state index >= 15 is 0 Å². The Morgan fingerprint density at radius 2 is 1.84 bits per heavy atom. The van der Waals surface area contributed by atoms with Crippen LogP contribution in [-0.2, 0) is 4.79 Å². The smallest absolute Gasteiger partial charge is 0.174 e. The van der Waals surface area contributed by atoms with Crippen LogP contribution in [0.3, 0.4) is 0 Å². The predicted octanol–water partition coefficient (Wildman–Crippen LogP) is 2.54. The summed E-state index contributed by atoms with van der Waals surface area (Å²) in [7, 11) is 0. The molecule has 0 saturated heterocycles. The summed E-state index contributed by atoms with van der Waals surface area (Å²) >= 11 is 0. The molecule has 0 aromatic heterocycles. The minimum atomic E-state index is -1.34. The Labute approximate surface area is 113 Å². The standard InChI is InChI=1S/C16H20O3/c1-8-7-11-12(9(2)13(8)17)10-5-6-15(11,3)14(18)16(10,4)19/h5-7,10-12,17,19H,1-4H3/t10-,11-,12+,15+,16-/m1/s1. The lowest BCUT2D eigenvalue weighted by Gasteiger charge is -2.56. The van der Waals surface area contributed by atoms with Crippen LogP contribution in [0.2, 0.25) is 0 Å². The van der Waals surface area contributed by atoms with Crippen molar-refractivity contribution < 1.29 is 15.0 Å². The summed E-state index contributed by atoms with van der Waals surface area (Å²) in [6.07, 6.45) is 5.89. The minimum absolute atomic E-state index is 0.00593. The van der Waals surface area contributed by atoms with Gasteiger partial charge < -0.3 is 10.2 Å². The molecule has 2 N–H and O–H groups in total. The van der Waals surface area contributed by atoms with Gasteiger partial charge in [-0.1, -0.05) is 18.2 Å². The van der Waals surface area contributed by atoms with Crippen molar-refractivity contribution in [2.45, 2.75) is 33.3 Å². The first kappa shape index (κ1) is 12.7. The second-order valence-electron chi connectivity index (χ2n) is 6.58. The highest BCUT2D eigenvalue weighted by atomic mass is 16.3. The van der Waals surface area contributed by atoms with Crippen LogP contribution in [0.1, 0.15) is 27.7 Å². The van der Waals surface area contributed by atoms with Crippen molar-refractivity contribution in [3.05, 3.63) is 35.1 Å². The minimum Gasteiger partial charge on any atom is -0.508 e. The molecule has 0 aromatic rings. The number of hydrogen-bond donors (Lipinski definition) is 2. The number of ketones is 1. The molecule has 3 heteroatoms. The van der Waals surface area contributed by atoms with E-state index in [0.717, 1.165) is 11.1 Å². The van der Waals surface area contributed by atoms with E-state index in [-0.39, 0.29) is 23.5 Å². The van der Waals surface area contributed by atoms with Gasteiger partial charge in [0.1, 0.15) is 11.4 Å². The molecular formula is C16H20O3. The third kappa shape index (κ3) is 1.29. The van der Waals surface area contributed by atoms with Crippen LogP contribution in [0, 0.1) is 23.2 Å². The molecule has 1 saturated carbocycles. The van der Waals surface area contributed by atoms with E-state index in [1.165, 1.54) is 0 Å². The van der Waals surface area contributed by atoms with Crippen LogP contribution in [-0.4, -0.2) is 21.6 Å². The SMILES string of the molecule is CC1=C[C@@H]2[C@@H](C(C)=C1O)[C@H]1C=C[C@]2(C)C(=O)[C@]1(C)O. The van der Waals surface area contributed by atoms with E-state index in [2.05, 4.69) is 0 Å². The molecule has 0 aliphatic heterocycles. The zero-order chi connectivity index (χ0) is 14.2. The molecule has 0 aromatic carbocycles. The fraction of sp³-hybridized carbons (Fsp3) is 0.562. The van der Waals surface area contributed by atoms with Crippen molar-refractivity contribution in [2.75, 3.05) is 0 Å². The Balaban J connectivity index is 2.24. The molecule has 4 aliphatic carbocycles. The molecule has 0 amide bonds. The number of carbonyl (C=O) groups excluding carboxylic acids is 1. The van der Waals surface area contributed by atoms with E-state index < -0.39 is 11.0 Å². The Kier molecular flexibility index (Phi) is 2.27. The van der Waals surface area contributed by atoms with Crippen LogP contribution in [0.15, 0.2) is 35.1 Å². The summed E-state index contributed by atoms with van der Waals surface area (Å²) in [5.41, 5.74) is -0.302. The summed E-state index contributed by atoms with van der Waals surface area (Å²) in [5, 5.41) is 20.7. The summed E-state index contributed by atoms with van der Waals surface area (Å²) in [6, 6.07) is 0. The average Bonchev–Trinajstić information content (AvgIpc) is 2.34. The van der Waals surface area contributed by atoms with Gasteiger partial charge in [0.25, 0.3) is 0 Å². The van der Waals surface area contributed by atoms with Gasteiger partial charge in [0, 0.05) is 17.8 Å². The molecule has 3 nitrogen and oxygen atoms in total. The summed E-state index contributed by atoms with van der Waals surface area (Å²) < 4.78 is 0. The number of rotatable bonds is 0. The van der Waals surface area contributed by atoms with E-state index in [1.54, 1.807) is 6.92 Å². The molecule has 5 atom stereocenters. The van der Waals surface area contributed by atoms with Gasteiger partial charge in [-0.15, -0.1) is 0 Å². The van der Waals surface area contributed by atoms with Gasteiger partial charge in [-0.25, -0.2) is 0 Å². The third-order valence-corrected chi connectivity index (χ3v) is 5.39. The highest BCUT2D eigenvalue weighted by molar-refractivity contribution is 5.97. The monoisotopic (exact) mass is 260 g/mol. The maximum atomic E-state index is 12.6. The van der Waals surface area contributed by atoms with Crippen molar-refractivity contribution in [1.29, 1.82) is 0 Å². The molecule has 1 fully saturated rings. The van der Waals surface area contributed by atoms with Gasteiger partial charge >= 0.3 is 0 Å². The molecule has 2 bridgehead atoms. The lowest BCUT2D eigenvalue weighted by atomic mass is 9.47. The van der Waals surface area contributed by atoms with Crippen LogP contribution < -0.4 is 0 Å². The molecule has 102 valence electrons. The fourth-order valence-electron chi connectivity index (χ4n) is 4.22. The van der Waals surface area contributed by atoms with Crippen molar-refractivity contribution in [3.8, 4) is 0 Å². The van der Waals surface area contributed by atoms with Gasteiger partial charge in [-0.05, 0) is 38.8 Å². The molecule has 19 heavy (non-hydrogen) atoms. The zero-order valence-electron chi connectivity index (χ0n) is 11.8. The van der Waals surface area contributed by atoms with Crippen LogP contribution in [0.25, 0.3) is 0 Å². The van der Waals surface area contributed by atoms with Crippen molar-refractivity contribution in [3.63, 3.8) is 0 Å². The summed E-state index contributed by atoms with van der Waals surface area (Å²) in [6.45, 7) is 7.27. The van der Waals surface area contributed by atoms with Crippen LogP contribution in [0.4, 0.5) is 0 Å². The van der Waals surface area contributed by atoms with E-state index in [1.807, 2.05) is 39.0 Å². The Bertz CT molecular complexity index is 565.